The number of para-hydroxylation sites is 2. The number of nitrogens with zero attached hydrogens (tertiary/aromatic N) is 2. The molecule has 0 unspecified atom stereocenters. The third-order valence-electron chi connectivity index (χ3n) is 5.31. The average molecular weight is 344 g/mol. The molecule has 0 fully saturated rings. The molecule has 3 aromatic carbocycles. The molecule has 5 aromatic rings. The summed E-state index contributed by atoms with van der Waals surface area (Å²) in [6.45, 7) is 1.37. The zero-order chi connectivity index (χ0) is 17.7. The maximum Gasteiger partial charge on any atom is 0.0610 e. The van der Waals surface area contributed by atoms with E-state index in [1.165, 1.54) is 21.5 Å². The monoisotopic (exact) mass is 344 g/mol. The smallest absolute Gasteiger partial charge is 0.0610 e. The molecule has 2 heterocycles. The molecule has 4 nitrogen and oxygen atoms in total. The molecular formula is C22H20N2O2. The van der Waals surface area contributed by atoms with Crippen LogP contribution in [-0.2, 0) is 13.1 Å². The molecule has 26 heavy (non-hydrogen) atoms. The summed E-state index contributed by atoms with van der Waals surface area (Å²) in [5.74, 6) is 0. The topological polar surface area (TPSA) is 50.3 Å². The van der Waals surface area contributed by atoms with Crippen LogP contribution in [0.25, 0.3) is 43.6 Å². The lowest BCUT2D eigenvalue weighted by Gasteiger charge is -2.06. The van der Waals surface area contributed by atoms with Gasteiger partial charge in [-0.1, -0.05) is 36.4 Å². The molecular weight excluding hydrogens is 324 g/mol. The van der Waals surface area contributed by atoms with Gasteiger partial charge in [-0.2, -0.15) is 0 Å². The largest absolute Gasteiger partial charge is 0.395 e. The fourth-order valence-corrected chi connectivity index (χ4v) is 4.27. The summed E-state index contributed by atoms with van der Waals surface area (Å²) in [6, 6.07) is 21.1. The van der Waals surface area contributed by atoms with E-state index in [2.05, 4.69) is 57.7 Å². The first-order valence-electron chi connectivity index (χ1n) is 8.97. The second-order valence-electron chi connectivity index (χ2n) is 6.67. The van der Waals surface area contributed by atoms with Crippen LogP contribution in [0.2, 0.25) is 0 Å². The molecule has 130 valence electrons. The lowest BCUT2D eigenvalue weighted by Crippen LogP contribution is -2.02. The average Bonchev–Trinajstić information content (AvgIpc) is 3.15. The minimum atomic E-state index is 0.109. The molecule has 0 atom stereocenters. The molecule has 5 rings (SSSR count). The van der Waals surface area contributed by atoms with Crippen LogP contribution in [0.3, 0.4) is 0 Å². The second-order valence-corrected chi connectivity index (χ2v) is 6.67. The molecule has 0 aliphatic heterocycles. The molecule has 0 spiro atoms. The minimum absolute atomic E-state index is 0.109. The van der Waals surface area contributed by atoms with Crippen molar-refractivity contribution in [3.8, 4) is 0 Å². The maximum absolute atomic E-state index is 9.56. The summed E-state index contributed by atoms with van der Waals surface area (Å²) in [5.41, 5.74) is 4.56. The molecule has 4 heteroatoms. The van der Waals surface area contributed by atoms with Crippen LogP contribution in [-0.4, -0.2) is 32.6 Å². The summed E-state index contributed by atoms with van der Waals surface area (Å²) >= 11 is 0. The number of aromatic nitrogens is 2. The SMILES string of the molecule is OCCn1c2ccccc2c2cc3c(cc21)c1ccccc1n3CCO. The number of benzene rings is 3. The quantitative estimate of drug-likeness (QED) is 0.520. The van der Waals surface area contributed by atoms with Crippen molar-refractivity contribution in [3.63, 3.8) is 0 Å². The van der Waals surface area contributed by atoms with Crippen LogP contribution >= 0.6 is 0 Å². The van der Waals surface area contributed by atoms with Gasteiger partial charge in [0.15, 0.2) is 0 Å². The number of fused-ring (bicyclic) bond motifs is 6. The van der Waals surface area contributed by atoms with Gasteiger partial charge in [0.25, 0.3) is 0 Å². The van der Waals surface area contributed by atoms with Gasteiger partial charge in [-0.15, -0.1) is 0 Å². The molecule has 2 aromatic heterocycles. The Hall–Kier alpha value is -2.82. The maximum atomic E-state index is 9.56. The van der Waals surface area contributed by atoms with E-state index in [-0.39, 0.29) is 13.2 Å². The van der Waals surface area contributed by atoms with Gasteiger partial charge in [0.2, 0.25) is 0 Å². The number of rotatable bonds is 4. The van der Waals surface area contributed by atoms with Gasteiger partial charge in [-0.25, -0.2) is 0 Å². The van der Waals surface area contributed by atoms with Crippen molar-refractivity contribution >= 4 is 43.6 Å². The third-order valence-corrected chi connectivity index (χ3v) is 5.31. The summed E-state index contributed by atoms with van der Waals surface area (Å²) in [6.07, 6.45) is 0. The Balaban J connectivity index is 1.99. The minimum Gasteiger partial charge on any atom is -0.395 e. The van der Waals surface area contributed by atoms with Crippen LogP contribution in [0.1, 0.15) is 0 Å². The highest BCUT2D eigenvalue weighted by atomic mass is 16.3. The summed E-state index contributed by atoms with van der Waals surface area (Å²) in [4.78, 5) is 0. The van der Waals surface area contributed by atoms with Gasteiger partial charge in [-0.3, -0.25) is 0 Å². The summed E-state index contributed by atoms with van der Waals surface area (Å²) in [7, 11) is 0. The third kappa shape index (κ3) is 2.03. The van der Waals surface area contributed by atoms with Gasteiger partial charge in [0.1, 0.15) is 0 Å². The van der Waals surface area contributed by atoms with Crippen molar-refractivity contribution < 1.29 is 10.2 Å². The van der Waals surface area contributed by atoms with E-state index in [0.717, 1.165) is 22.1 Å². The molecule has 0 aliphatic carbocycles. The van der Waals surface area contributed by atoms with Crippen LogP contribution in [0.4, 0.5) is 0 Å². The van der Waals surface area contributed by atoms with Crippen LogP contribution < -0.4 is 0 Å². The number of hydrogen-bond acceptors (Lipinski definition) is 2. The summed E-state index contributed by atoms with van der Waals surface area (Å²) in [5, 5.41) is 23.9. The number of hydrogen-bond donors (Lipinski definition) is 2. The Kier molecular flexibility index (Phi) is 3.48. The Labute approximate surface area is 150 Å². The first-order chi connectivity index (χ1) is 12.8. The number of aliphatic hydroxyl groups excluding tert-OH is 2. The van der Waals surface area contributed by atoms with Gasteiger partial charge >= 0.3 is 0 Å². The molecule has 0 radical (unpaired) electrons. The van der Waals surface area contributed by atoms with Gasteiger partial charge < -0.3 is 19.3 Å². The highest BCUT2D eigenvalue weighted by molar-refractivity contribution is 6.17. The first-order valence-corrected chi connectivity index (χ1v) is 8.97. The van der Waals surface area contributed by atoms with E-state index in [1.54, 1.807) is 0 Å². The van der Waals surface area contributed by atoms with Gasteiger partial charge in [0, 0.05) is 56.7 Å². The molecule has 2 N–H and O–H groups in total. The van der Waals surface area contributed by atoms with Crippen molar-refractivity contribution in [2.45, 2.75) is 13.1 Å². The van der Waals surface area contributed by atoms with E-state index in [1.807, 2.05) is 12.1 Å². The van der Waals surface area contributed by atoms with E-state index >= 15 is 0 Å². The summed E-state index contributed by atoms with van der Waals surface area (Å²) < 4.78 is 4.39. The normalized spacial score (nSPS) is 12.1. The van der Waals surface area contributed by atoms with Crippen LogP contribution in [0, 0.1) is 0 Å². The highest BCUT2D eigenvalue weighted by Gasteiger charge is 2.15. The predicted octanol–water partition coefficient (Wildman–Crippen LogP) is 3.89. The Morgan fingerprint density at radius 2 is 0.962 bits per heavy atom. The Morgan fingerprint density at radius 3 is 1.38 bits per heavy atom. The fraction of sp³-hybridized carbons (Fsp3) is 0.182. The van der Waals surface area contributed by atoms with Crippen molar-refractivity contribution in [1.29, 1.82) is 0 Å². The van der Waals surface area contributed by atoms with Gasteiger partial charge in [0.05, 0.1) is 13.2 Å². The second kappa shape index (κ2) is 5.87. The first kappa shape index (κ1) is 15.4. The van der Waals surface area contributed by atoms with Gasteiger partial charge in [-0.05, 0) is 24.3 Å². The van der Waals surface area contributed by atoms with E-state index in [0.29, 0.717) is 13.1 Å². The standard InChI is InChI=1S/C22H20N2O2/c25-11-9-23-19-7-3-1-5-15(19)17-13-22-18(14-21(17)23)16-6-2-4-8-20(16)24(22)10-12-26/h1-8,13-14,25-26H,9-12H2. The molecule has 0 amide bonds. The zero-order valence-corrected chi connectivity index (χ0v) is 14.4. The highest BCUT2D eigenvalue weighted by Crippen LogP contribution is 2.36. The Morgan fingerprint density at radius 1 is 0.538 bits per heavy atom. The van der Waals surface area contributed by atoms with E-state index in [4.69, 9.17) is 0 Å². The van der Waals surface area contributed by atoms with Crippen molar-refractivity contribution in [2.24, 2.45) is 0 Å². The lowest BCUT2D eigenvalue weighted by atomic mass is 10.1. The lowest BCUT2D eigenvalue weighted by molar-refractivity contribution is 0.279. The van der Waals surface area contributed by atoms with Crippen LogP contribution in [0.5, 0.6) is 0 Å². The molecule has 0 aliphatic rings. The van der Waals surface area contributed by atoms with Crippen molar-refractivity contribution in [1.82, 2.24) is 9.13 Å². The van der Waals surface area contributed by atoms with Crippen molar-refractivity contribution in [3.05, 3.63) is 60.7 Å². The molecule has 0 saturated heterocycles. The van der Waals surface area contributed by atoms with E-state index < -0.39 is 0 Å². The van der Waals surface area contributed by atoms with Crippen LogP contribution in [0.15, 0.2) is 60.7 Å². The van der Waals surface area contributed by atoms with Crippen molar-refractivity contribution in [2.75, 3.05) is 13.2 Å². The predicted molar refractivity (Wildman–Crippen MR) is 107 cm³/mol. The Bertz CT molecular complexity index is 1160. The number of aliphatic hydroxyl groups is 2. The molecule has 0 saturated carbocycles. The fourth-order valence-electron chi connectivity index (χ4n) is 4.27. The van der Waals surface area contributed by atoms with E-state index in [9.17, 15) is 10.2 Å². The molecule has 0 bridgehead atoms. The zero-order valence-electron chi connectivity index (χ0n) is 14.4.